The van der Waals surface area contributed by atoms with Crippen LogP contribution in [0.1, 0.15) is 22.5 Å². The van der Waals surface area contributed by atoms with Crippen molar-refractivity contribution in [2.24, 2.45) is 5.10 Å². The Morgan fingerprint density at radius 1 is 1.25 bits per heavy atom. The van der Waals surface area contributed by atoms with Gasteiger partial charge in [0.2, 0.25) is 5.95 Å². The van der Waals surface area contributed by atoms with Crippen LogP contribution in [0.15, 0.2) is 34.2 Å². The van der Waals surface area contributed by atoms with Crippen LogP contribution in [-0.2, 0) is 6.18 Å². The molecule has 3 rings (SSSR count). The second-order valence-electron chi connectivity index (χ2n) is 5.71. The number of nitrogens with one attached hydrogen (secondary N) is 2. The van der Waals surface area contributed by atoms with Crippen LogP contribution in [0, 0.1) is 13.8 Å². The molecule has 146 valence electrons. The number of aromatic amines is 1. The summed E-state index contributed by atoms with van der Waals surface area (Å²) in [6.45, 7) is 3.13. The van der Waals surface area contributed by atoms with Crippen LogP contribution in [0.4, 0.5) is 19.1 Å². The second kappa shape index (κ2) is 7.43. The van der Waals surface area contributed by atoms with Crippen molar-refractivity contribution in [1.29, 1.82) is 0 Å². The van der Waals surface area contributed by atoms with Gasteiger partial charge in [-0.2, -0.15) is 23.4 Å². The van der Waals surface area contributed by atoms with E-state index in [4.69, 9.17) is 11.6 Å². The lowest BCUT2D eigenvalue weighted by atomic mass is 10.2. The number of alkyl halides is 3. The molecule has 12 heteroatoms. The predicted octanol–water partition coefficient (Wildman–Crippen LogP) is 3.09. The number of benzene rings is 1. The van der Waals surface area contributed by atoms with Crippen molar-refractivity contribution < 1.29 is 13.2 Å². The van der Waals surface area contributed by atoms with Crippen LogP contribution in [0.2, 0.25) is 5.15 Å². The Bertz CT molecular complexity index is 1100. The van der Waals surface area contributed by atoms with Gasteiger partial charge in [0.15, 0.2) is 0 Å². The third kappa shape index (κ3) is 4.03. The van der Waals surface area contributed by atoms with Crippen molar-refractivity contribution in [3.63, 3.8) is 0 Å². The molecule has 0 radical (unpaired) electrons. The summed E-state index contributed by atoms with van der Waals surface area (Å²) in [4.78, 5) is 13.9. The van der Waals surface area contributed by atoms with Crippen LogP contribution in [0.5, 0.6) is 0 Å². The first-order valence-electron chi connectivity index (χ1n) is 7.82. The molecular formula is C16H13ClF3N7O. The van der Waals surface area contributed by atoms with E-state index in [1.165, 1.54) is 30.0 Å². The van der Waals surface area contributed by atoms with Gasteiger partial charge in [0.05, 0.1) is 28.7 Å². The van der Waals surface area contributed by atoms with E-state index in [9.17, 15) is 18.0 Å². The van der Waals surface area contributed by atoms with Gasteiger partial charge in [0.25, 0.3) is 5.56 Å². The fraction of sp³-hybridized carbons (Fsp3) is 0.188. The minimum absolute atomic E-state index is 0.0193. The van der Waals surface area contributed by atoms with Crippen LogP contribution in [0.25, 0.3) is 5.69 Å². The van der Waals surface area contributed by atoms with Crippen molar-refractivity contribution in [1.82, 2.24) is 25.0 Å². The lowest BCUT2D eigenvalue weighted by Crippen LogP contribution is -2.15. The second-order valence-corrected chi connectivity index (χ2v) is 6.07. The Hall–Kier alpha value is -3.21. The van der Waals surface area contributed by atoms with E-state index >= 15 is 0 Å². The molecule has 3 aromatic rings. The number of H-pyrrole nitrogens is 1. The number of aryl methyl sites for hydroxylation is 2. The van der Waals surface area contributed by atoms with Gasteiger partial charge in [0, 0.05) is 0 Å². The highest BCUT2D eigenvalue weighted by Crippen LogP contribution is 2.31. The van der Waals surface area contributed by atoms with E-state index in [1.54, 1.807) is 6.92 Å². The number of hydrogen-bond donors (Lipinski definition) is 2. The molecule has 0 atom stereocenters. The first-order valence-corrected chi connectivity index (χ1v) is 8.20. The van der Waals surface area contributed by atoms with E-state index in [1.807, 2.05) is 0 Å². The fourth-order valence-corrected chi connectivity index (χ4v) is 2.57. The first-order chi connectivity index (χ1) is 13.2. The Morgan fingerprint density at radius 3 is 2.68 bits per heavy atom. The zero-order valence-corrected chi connectivity index (χ0v) is 15.3. The van der Waals surface area contributed by atoms with Gasteiger partial charge < -0.3 is 0 Å². The van der Waals surface area contributed by atoms with Gasteiger partial charge >= 0.3 is 6.18 Å². The van der Waals surface area contributed by atoms with Crippen molar-refractivity contribution in [2.45, 2.75) is 20.0 Å². The van der Waals surface area contributed by atoms with Crippen molar-refractivity contribution >= 4 is 23.8 Å². The molecule has 0 unspecified atom stereocenters. The quantitative estimate of drug-likeness (QED) is 0.507. The maximum atomic E-state index is 12.9. The van der Waals surface area contributed by atoms with Crippen LogP contribution in [0.3, 0.4) is 0 Å². The average molecular weight is 412 g/mol. The SMILES string of the molecule is Cc1nn(-c2cccc(C(F)(F)F)c2)c(Cl)c1/C=N\Nc1nnc(C)c(=O)[nH]1. The van der Waals surface area contributed by atoms with Gasteiger partial charge in [-0.1, -0.05) is 17.7 Å². The monoisotopic (exact) mass is 411 g/mol. The van der Waals surface area contributed by atoms with Gasteiger partial charge in [-0.3, -0.25) is 9.78 Å². The molecule has 0 spiro atoms. The van der Waals surface area contributed by atoms with Crippen molar-refractivity contribution in [3.8, 4) is 5.69 Å². The van der Waals surface area contributed by atoms with Crippen LogP contribution >= 0.6 is 11.6 Å². The Balaban J connectivity index is 1.88. The molecular weight excluding hydrogens is 399 g/mol. The van der Waals surface area contributed by atoms with Gasteiger partial charge in [-0.15, -0.1) is 10.2 Å². The molecule has 0 amide bonds. The zero-order valence-electron chi connectivity index (χ0n) is 14.5. The van der Waals surface area contributed by atoms with E-state index in [-0.39, 0.29) is 22.5 Å². The van der Waals surface area contributed by atoms with Crippen molar-refractivity contribution in [2.75, 3.05) is 5.43 Å². The molecule has 0 aliphatic rings. The van der Waals surface area contributed by atoms with Crippen LogP contribution in [-0.4, -0.2) is 31.2 Å². The summed E-state index contributed by atoms with van der Waals surface area (Å²) < 4.78 is 39.9. The summed E-state index contributed by atoms with van der Waals surface area (Å²) in [6.07, 6.45) is -3.17. The third-order valence-corrected chi connectivity index (χ3v) is 4.05. The van der Waals surface area contributed by atoms with E-state index in [0.717, 1.165) is 12.1 Å². The molecule has 0 aliphatic heterocycles. The summed E-state index contributed by atoms with van der Waals surface area (Å²) in [5.41, 5.74) is 2.45. The normalized spacial score (nSPS) is 11.9. The summed E-state index contributed by atoms with van der Waals surface area (Å²) in [7, 11) is 0. The number of rotatable bonds is 4. The predicted molar refractivity (Wildman–Crippen MR) is 96.9 cm³/mol. The van der Waals surface area contributed by atoms with E-state index in [2.05, 4.69) is 30.8 Å². The summed E-state index contributed by atoms with van der Waals surface area (Å²) in [5.74, 6) is 0.0193. The van der Waals surface area contributed by atoms with E-state index < -0.39 is 17.3 Å². The molecule has 0 bridgehead atoms. The topological polar surface area (TPSA) is 101 Å². The third-order valence-electron chi connectivity index (χ3n) is 3.69. The molecule has 2 heterocycles. The lowest BCUT2D eigenvalue weighted by Gasteiger charge is -2.09. The highest BCUT2D eigenvalue weighted by atomic mass is 35.5. The zero-order chi connectivity index (χ0) is 20.5. The number of hydrazone groups is 1. The molecule has 2 aromatic heterocycles. The number of nitrogens with zero attached hydrogens (tertiary/aromatic N) is 5. The van der Waals surface area contributed by atoms with Gasteiger partial charge in [0.1, 0.15) is 10.8 Å². The molecule has 2 N–H and O–H groups in total. The maximum absolute atomic E-state index is 12.9. The molecule has 8 nitrogen and oxygen atoms in total. The Morgan fingerprint density at radius 2 is 2.00 bits per heavy atom. The van der Waals surface area contributed by atoms with Crippen LogP contribution < -0.4 is 11.0 Å². The highest BCUT2D eigenvalue weighted by molar-refractivity contribution is 6.32. The largest absolute Gasteiger partial charge is 0.416 e. The van der Waals surface area contributed by atoms with Crippen molar-refractivity contribution in [3.05, 3.63) is 62.3 Å². The first kappa shape index (κ1) is 19.5. The molecule has 0 aliphatic carbocycles. The standard InChI is InChI=1S/C16H13ClF3N7O/c1-8-12(7-21-24-15-22-14(28)9(2)23-25-15)13(17)27(26-8)11-5-3-4-10(6-11)16(18,19)20/h3-7H,1-2H3,(H2,22,24,25,28)/b21-7-. The Kier molecular flexibility index (Phi) is 5.18. The summed E-state index contributed by atoms with van der Waals surface area (Å²) in [5, 5.41) is 15.5. The number of halogens is 4. The molecule has 0 fully saturated rings. The molecule has 28 heavy (non-hydrogen) atoms. The number of hydrogen-bond acceptors (Lipinski definition) is 6. The maximum Gasteiger partial charge on any atom is 0.416 e. The number of aromatic nitrogens is 5. The minimum Gasteiger partial charge on any atom is -0.288 e. The summed E-state index contributed by atoms with van der Waals surface area (Å²) >= 11 is 6.27. The lowest BCUT2D eigenvalue weighted by molar-refractivity contribution is -0.137. The Labute approximate surface area is 161 Å². The highest BCUT2D eigenvalue weighted by Gasteiger charge is 2.30. The number of anilines is 1. The van der Waals surface area contributed by atoms with Gasteiger partial charge in [-0.05, 0) is 32.0 Å². The summed E-state index contributed by atoms with van der Waals surface area (Å²) in [6, 6.07) is 4.64. The van der Waals surface area contributed by atoms with Gasteiger partial charge in [-0.25, -0.2) is 10.1 Å². The average Bonchev–Trinajstić information content (AvgIpc) is 2.92. The molecule has 0 saturated carbocycles. The minimum atomic E-state index is -4.48. The smallest absolute Gasteiger partial charge is 0.288 e. The van der Waals surface area contributed by atoms with E-state index in [0.29, 0.717) is 11.3 Å². The molecule has 0 saturated heterocycles. The fourth-order valence-electron chi connectivity index (χ4n) is 2.24. The molecule has 1 aromatic carbocycles.